The van der Waals surface area contributed by atoms with Crippen LogP contribution in [0.3, 0.4) is 0 Å². The van der Waals surface area contributed by atoms with Gasteiger partial charge in [0.05, 0.1) is 12.2 Å². The van der Waals surface area contributed by atoms with E-state index in [1.807, 2.05) is 0 Å². The number of sulfone groups is 1. The first kappa shape index (κ1) is 22.1. The largest absolute Gasteiger partial charge is 0.481 e. The lowest BCUT2D eigenvalue weighted by atomic mass is 10.1. The summed E-state index contributed by atoms with van der Waals surface area (Å²) in [4.78, 5) is 45.5. The number of hydrogen-bond acceptors (Lipinski definition) is 6. The molecule has 1 atom stereocenters. The summed E-state index contributed by atoms with van der Waals surface area (Å²) in [6, 6.07) is 3.69. The summed E-state index contributed by atoms with van der Waals surface area (Å²) in [6.07, 6.45) is 0.601. The number of benzene rings is 1. The molecule has 0 bridgehead atoms. The molecule has 4 N–H and O–H groups in total. The van der Waals surface area contributed by atoms with Crippen LogP contribution in [-0.4, -0.2) is 67.0 Å². The Morgan fingerprint density at radius 3 is 1.96 bits per heavy atom. The predicted molar refractivity (Wildman–Crippen MR) is 94.2 cm³/mol. The number of carbonyl (C=O) groups is 4. The van der Waals surface area contributed by atoms with Gasteiger partial charge in [-0.25, -0.2) is 13.2 Å². The van der Waals surface area contributed by atoms with E-state index >= 15 is 0 Å². The Hall–Kier alpha value is -2.95. The molecule has 0 fully saturated rings. The van der Waals surface area contributed by atoms with Crippen molar-refractivity contribution in [2.75, 3.05) is 18.6 Å². The van der Waals surface area contributed by atoms with E-state index in [2.05, 4.69) is 10.6 Å². The molecule has 1 aromatic carbocycles. The zero-order chi connectivity index (χ0) is 20.6. The maximum Gasteiger partial charge on any atom is 0.326 e. The molecule has 27 heavy (non-hydrogen) atoms. The number of carbonyl (C=O) groups excluding carboxylic acids is 2. The van der Waals surface area contributed by atoms with Gasteiger partial charge in [0.25, 0.3) is 11.8 Å². The molecule has 0 saturated heterocycles. The minimum atomic E-state index is -3.10. The third-order valence-electron chi connectivity index (χ3n) is 3.37. The Bertz CT molecular complexity index is 817. The molecule has 0 spiro atoms. The molecule has 11 heteroatoms. The standard InChI is InChI=1S/C16H20N2O8S/c1-27(25,26)8-2-7-17-14(21)10-3-5-11(6-4-10)15(22)18-12(16(23)24)9-13(19)20/h3-6,12H,2,7-9H2,1H3,(H,17,21)(H,18,22)(H,19,20)(H,23,24). The van der Waals surface area contributed by atoms with Crippen LogP contribution in [-0.2, 0) is 19.4 Å². The van der Waals surface area contributed by atoms with E-state index in [1.165, 1.54) is 24.3 Å². The summed E-state index contributed by atoms with van der Waals surface area (Å²) in [6.45, 7) is 0.170. The Kier molecular flexibility index (Phi) is 7.91. The van der Waals surface area contributed by atoms with Crippen LogP contribution in [0.4, 0.5) is 0 Å². The minimum Gasteiger partial charge on any atom is -0.481 e. The lowest BCUT2D eigenvalue weighted by Gasteiger charge is -2.12. The van der Waals surface area contributed by atoms with E-state index in [1.54, 1.807) is 0 Å². The highest BCUT2D eigenvalue weighted by Gasteiger charge is 2.23. The van der Waals surface area contributed by atoms with Crippen LogP contribution in [0.1, 0.15) is 33.6 Å². The first-order valence-corrected chi connectivity index (χ1v) is 9.87. The first-order valence-electron chi connectivity index (χ1n) is 7.81. The number of nitrogens with one attached hydrogen (secondary N) is 2. The molecule has 1 aromatic rings. The summed E-state index contributed by atoms with van der Waals surface area (Å²) in [5.41, 5.74) is 0.284. The van der Waals surface area contributed by atoms with Gasteiger partial charge < -0.3 is 20.8 Å². The van der Waals surface area contributed by atoms with E-state index in [-0.39, 0.29) is 29.8 Å². The third kappa shape index (κ3) is 8.31. The Morgan fingerprint density at radius 2 is 1.52 bits per heavy atom. The van der Waals surface area contributed by atoms with Gasteiger partial charge in [-0.1, -0.05) is 0 Å². The molecule has 0 aliphatic carbocycles. The lowest BCUT2D eigenvalue weighted by Crippen LogP contribution is -2.42. The summed E-state index contributed by atoms with van der Waals surface area (Å²) in [5, 5.41) is 22.2. The molecule has 0 radical (unpaired) electrons. The monoisotopic (exact) mass is 400 g/mol. The van der Waals surface area contributed by atoms with Gasteiger partial charge in [-0.15, -0.1) is 0 Å². The van der Waals surface area contributed by atoms with Crippen molar-refractivity contribution in [1.29, 1.82) is 0 Å². The fraction of sp³-hybridized carbons (Fsp3) is 0.375. The molecule has 1 unspecified atom stereocenters. The molecule has 0 heterocycles. The van der Waals surface area contributed by atoms with Crippen LogP contribution in [0.5, 0.6) is 0 Å². The summed E-state index contributed by atoms with van der Waals surface area (Å²) in [7, 11) is -3.10. The van der Waals surface area contributed by atoms with Crippen molar-refractivity contribution < 1.29 is 37.8 Å². The van der Waals surface area contributed by atoms with Gasteiger partial charge in [-0.3, -0.25) is 14.4 Å². The van der Waals surface area contributed by atoms with Crippen molar-refractivity contribution >= 4 is 33.6 Å². The number of carboxylic acid groups (broad SMARTS) is 2. The highest BCUT2D eigenvalue weighted by Crippen LogP contribution is 2.06. The second kappa shape index (κ2) is 9.67. The summed E-state index contributed by atoms with van der Waals surface area (Å²) in [5.74, 6) is -4.14. The van der Waals surface area contributed by atoms with Crippen LogP contribution >= 0.6 is 0 Å². The molecule has 0 aliphatic rings. The normalized spacial score (nSPS) is 12.0. The van der Waals surface area contributed by atoms with Crippen molar-refractivity contribution in [2.45, 2.75) is 18.9 Å². The quantitative estimate of drug-likeness (QED) is 0.382. The van der Waals surface area contributed by atoms with Gasteiger partial charge in [-0.05, 0) is 30.7 Å². The Morgan fingerprint density at radius 1 is 1.00 bits per heavy atom. The van der Waals surface area contributed by atoms with E-state index in [0.29, 0.717) is 0 Å². The smallest absolute Gasteiger partial charge is 0.326 e. The molecule has 1 rings (SSSR count). The average molecular weight is 400 g/mol. The highest BCUT2D eigenvalue weighted by atomic mass is 32.2. The van der Waals surface area contributed by atoms with Gasteiger partial charge in [-0.2, -0.15) is 0 Å². The van der Waals surface area contributed by atoms with Crippen molar-refractivity contribution in [1.82, 2.24) is 10.6 Å². The highest BCUT2D eigenvalue weighted by molar-refractivity contribution is 7.90. The van der Waals surface area contributed by atoms with E-state index in [9.17, 15) is 27.6 Å². The van der Waals surface area contributed by atoms with Crippen LogP contribution in [0.25, 0.3) is 0 Å². The fourth-order valence-electron chi connectivity index (χ4n) is 2.03. The van der Waals surface area contributed by atoms with Crippen molar-refractivity contribution in [3.05, 3.63) is 35.4 Å². The van der Waals surface area contributed by atoms with Crippen LogP contribution in [0.15, 0.2) is 24.3 Å². The first-order chi connectivity index (χ1) is 12.5. The molecule has 0 saturated carbocycles. The number of aliphatic carboxylic acids is 2. The van der Waals surface area contributed by atoms with Crippen LogP contribution in [0.2, 0.25) is 0 Å². The molecule has 10 nitrogen and oxygen atoms in total. The topological polar surface area (TPSA) is 167 Å². The van der Waals surface area contributed by atoms with Gasteiger partial charge in [0.2, 0.25) is 0 Å². The van der Waals surface area contributed by atoms with E-state index in [0.717, 1.165) is 6.26 Å². The number of amides is 2. The van der Waals surface area contributed by atoms with Gasteiger partial charge >= 0.3 is 11.9 Å². The van der Waals surface area contributed by atoms with E-state index in [4.69, 9.17) is 10.2 Å². The molecule has 148 valence electrons. The number of hydrogen-bond donors (Lipinski definition) is 4. The maximum absolute atomic E-state index is 12.0. The SMILES string of the molecule is CS(=O)(=O)CCCNC(=O)c1ccc(C(=O)NC(CC(=O)O)C(=O)O)cc1. The lowest BCUT2D eigenvalue weighted by molar-refractivity contribution is -0.145. The molecular formula is C16H20N2O8S. The average Bonchev–Trinajstić information content (AvgIpc) is 2.56. The minimum absolute atomic E-state index is 0.0481. The molecule has 0 aromatic heterocycles. The summed E-state index contributed by atoms with van der Waals surface area (Å²) < 4.78 is 22.0. The second-order valence-corrected chi connectivity index (χ2v) is 8.04. The van der Waals surface area contributed by atoms with Gasteiger partial charge in [0.15, 0.2) is 0 Å². The van der Waals surface area contributed by atoms with Crippen LogP contribution in [0, 0.1) is 0 Å². The maximum atomic E-state index is 12.0. The van der Waals surface area contributed by atoms with Gasteiger partial charge in [0.1, 0.15) is 15.9 Å². The molecule has 2 amide bonds. The predicted octanol–water partition coefficient (Wildman–Crippen LogP) is -0.491. The fourth-order valence-corrected chi connectivity index (χ4v) is 2.70. The van der Waals surface area contributed by atoms with Crippen molar-refractivity contribution in [3.8, 4) is 0 Å². The summed E-state index contributed by atoms with van der Waals surface area (Å²) >= 11 is 0. The van der Waals surface area contributed by atoms with Crippen LogP contribution < -0.4 is 10.6 Å². The van der Waals surface area contributed by atoms with Crippen molar-refractivity contribution in [2.24, 2.45) is 0 Å². The van der Waals surface area contributed by atoms with E-state index < -0.39 is 46.1 Å². The number of rotatable bonds is 10. The third-order valence-corrected chi connectivity index (χ3v) is 4.40. The second-order valence-electron chi connectivity index (χ2n) is 5.78. The number of carboxylic acids is 2. The molecule has 0 aliphatic heterocycles. The molecular weight excluding hydrogens is 380 g/mol. The Balaban J connectivity index is 2.63. The van der Waals surface area contributed by atoms with Gasteiger partial charge in [0, 0.05) is 23.9 Å². The zero-order valence-corrected chi connectivity index (χ0v) is 15.3. The van der Waals surface area contributed by atoms with Crippen molar-refractivity contribution in [3.63, 3.8) is 0 Å². The zero-order valence-electron chi connectivity index (χ0n) is 14.5. The Labute approximate surface area is 155 Å².